The van der Waals surface area contributed by atoms with Crippen molar-refractivity contribution in [3.8, 4) is 6.07 Å². The minimum absolute atomic E-state index is 0.0166. The summed E-state index contributed by atoms with van der Waals surface area (Å²) in [4.78, 5) is 1.80. The predicted octanol–water partition coefficient (Wildman–Crippen LogP) is 2.06. The van der Waals surface area contributed by atoms with Crippen LogP contribution in [-0.4, -0.2) is 18.2 Å². The molecule has 16 heavy (non-hydrogen) atoms. The molecule has 0 fully saturated rings. The van der Waals surface area contributed by atoms with Gasteiger partial charge in [-0.2, -0.15) is 5.26 Å². The summed E-state index contributed by atoms with van der Waals surface area (Å²) in [6.45, 7) is 1.54. The Morgan fingerprint density at radius 2 is 2.25 bits per heavy atom. The third kappa shape index (κ3) is 2.50. The number of anilines is 1. The highest BCUT2D eigenvalue weighted by molar-refractivity contribution is 5.54. The summed E-state index contributed by atoms with van der Waals surface area (Å²) >= 11 is 0. The summed E-state index contributed by atoms with van der Waals surface area (Å²) in [6.07, 6.45) is 0.359. The molecule has 0 heterocycles. The number of hydrogen-bond acceptors (Lipinski definition) is 3. The SMILES string of the molecule is CC(CC#N)N(C)c1cccc(F)c1CO. The van der Waals surface area contributed by atoms with Crippen LogP contribution in [0.4, 0.5) is 10.1 Å². The molecule has 1 aromatic carbocycles. The van der Waals surface area contributed by atoms with Crippen molar-refractivity contribution in [3.63, 3.8) is 0 Å². The fourth-order valence-electron chi connectivity index (χ4n) is 1.54. The number of halogens is 1. The molecular weight excluding hydrogens is 207 g/mol. The third-order valence-corrected chi connectivity index (χ3v) is 2.68. The molecule has 0 aliphatic carbocycles. The van der Waals surface area contributed by atoms with E-state index in [9.17, 15) is 4.39 Å². The lowest BCUT2D eigenvalue weighted by Gasteiger charge is -2.27. The Bertz CT molecular complexity index is 400. The van der Waals surface area contributed by atoms with Crippen LogP contribution in [-0.2, 0) is 6.61 Å². The first-order valence-corrected chi connectivity index (χ1v) is 5.09. The molecule has 0 saturated heterocycles. The molecule has 1 aromatic rings. The van der Waals surface area contributed by atoms with Crippen molar-refractivity contribution in [2.45, 2.75) is 26.0 Å². The molecule has 0 bridgehead atoms. The number of aliphatic hydroxyl groups excluding tert-OH is 1. The minimum atomic E-state index is -0.420. The minimum Gasteiger partial charge on any atom is -0.391 e. The van der Waals surface area contributed by atoms with Gasteiger partial charge in [0, 0.05) is 24.3 Å². The van der Waals surface area contributed by atoms with Gasteiger partial charge in [0.15, 0.2) is 0 Å². The molecule has 0 spiro atoms. The van der Waals surface area contributed by atoms with Crippen molar-refractivity contribution in [1.29, 1.82) is 5.26 Å². The van der Waals surface area contributed by atoms with Crippen molar-refractivity contribution in [1.82, 2.24) is 0 Å². The normalized spacial score (nSPS) is 11.9. The molecule has 1 N–H and O–H groups in total. The summed E-state index contributed by atoms with van der Waals surface area (Å²) in [5, 5.41) is 17.7. The molecule has 1 unspecified atom stereocenters. The lowest BCUT2D eigenvalue weighted by atomic mass is 10.1. The first-order chi connectivity index (χ1) is 7.61. The monoisotopic (exact) mass is 222 g/mol. The summed E-state index contributed by atoms with van der Waals surface area (Å²) in [7, 11) is 1.79. The van der Waals surface area contributed by atoms with Crippen LogP contribution in [0.5, 0.6) is 0 Å². The first kappa shape index (κ1) is 12.5. The molecule has 0 aliphatic rings. The second-order valence-electron chi connectivity index (χ2n) is 3.72. The Hall–Kier alpha value is -1.60. The maximum atomic E-state index is 13.4. The van der Waals surface area contributed by atoms with E-state index in [1.165, 1.54) is 6.07 Å². The zero-order chi connectivity index (χ0) is 12.1. The van der Waals surface area contributed by atoms with Gasteiger partial charge in [-0.25, -0.2) is 4.39 Å². The van der Waals surface area contributed by atoms with Crippen molar-refractivity contribution in [2.24, 2.45) is 0 Å². The lowest BCUT2D eigenvalue weighted by molar-refractivity contribution is 0.276. The van der Waals surface area contributed by atoms with Gasteiger partial charge in [-0.1, -0.05) is 6.07 Å². The molecular formula is C12H15FN2O. The van der Waals surface area contributed by atoms with Gasteiger partial charge in [-0.3, -0.25) is 0 Å². The molecule has 0 aliphatic heterocycles. The van der Waals surface area contributed by atoms with Crippen LogP contribution in [0, 0.1) is 17.1 Å². The van der Waals surface area contributed by atoms with Gasteiger partial charge in [-0.05, 0) is 19.1 Å². The Labute approximate surface area is 94.7 Å². The van der Waals surface area contributed by atoms with Gasteiger partial charge in [0.25, 0.3) is 0 Å². The summed E-state index contributed by atoms with van der Waals surface area (Å²) in [6, 6.07) is 6.71. The zero-order valence-electron chi connectivity index (χ0n) is 9.44. The number of aliphatic hydroxyl groups is 1. The average Bonchev–Trinajstić information content (AvgIpc) is 2.28. The zero-order valence-corrected chi connectivity index (χ0v) is 9.44. The highest BCUT2D eigenvalue weighted by Crippen LogP contribution is 2.24. The van der Waals surface area contributed by atoms with Crippen LogP contribution in [0.3, 0.4) is 0 Å². The van der Waals surface area contributed by atoms with E-state index in [1.54, 1.807) is 24.1 Å². The number of rotatable bonds is 4. The molecule has 86 valence electrons. The predicted molar refractivity (Wildman–Crippen MR) is 60.4 cm³/mol. The van der Waals surface area contributed by atoms with Crippen LogP contribution in [0.1, 0.15) is 18.9 Å². The van der Waals surface area contributed by atoms with Crippen LogP contribution in [0.15, 0.2) is 18.2 Å². The fourth-order valence-corrected chi connectivity index (χ4v) is 1.54. The van der Waals surface area contributed by atoms with E-state index in [2.05, 4.69) is 6.07 Å². The van der Waals surface area contributed by atoms with Crippen molar-refractivity contribution in [3.05, 3.63) is 29.6 Å². The Balaban J connectivity index is 3.04. The quantitative estimate of drug-likeness (QED) is 0.848. The number of nitrogens with zero attached hydrogens (tertiary/aromatic N) is 2. The van der Waals surface area contributed by atoms with Gasteiger partial charge < -0.3 is 10.0 Å². The lowest BCUT2D eigenvalue weighted by Crippen LogP contribution is -2.29. The summed E-state index contributed by atoms with van der Waals surface area (Å²) in [5.41, 5.74) is 0.903. The van der Waals surface area contributed by atoms with Crippen molar-refractivity contribution in [2.75, 3.05) is 11.9 Å². The highest BCUT2D eigenvalue weighted by Gasteiger charge is 2.15. The second kappa shape index (κ2) is 5.47. The Morgan fingerprint density at radius 3 is 2.81 bits per heavy atom. The molecule has 3 nitrogen and oxygen atoms in total. The highest BCUT2D eigenvalue weighted by atomic mass is 19.1. The first-order valence-electron chi connectivity index (χ1n) is 5.09. The molecule has 0 radical (unpaired) electrons. The standard InChI is InChI=1S/C12H15FN2O/c1-9(6-7-14)15(2)12-5-3-4-11(13)10(12)8-16/h3-5,9,16H,6,8H2,1-2H3. The van der Waals surface area contributed by atoms with Crippen molar-refractivity contribution >= 4 is 5.69 Å². The van der Waals surface area contributed by atoms with Gasteiger partial charge in [0.05, 0.1) is 19.1 Å². The maximum Gasteiger partial charge on any atom is 0.130 e. The van der Waals surface area contributed by atoms with E-state index in [0.29, 0.717) is 12.1 Å². The van der Waals surface area contributed by atoms with E-state index in [1.807, 2.05) is 6.92 Å². The number of benzene rings is 1. The third-order valence-electron chi connectivity index (χ3n) is 2.68. The average molecular weight is 222 g/mol. The maximum absolute atomic E-state index is 13.4. The van der Waals surface area contributed by atoms with Crippen LogP contribution >= 0.6 is 0 Å². The van der Waals surface area contributed by atoms with E-state index in [4.69, 9.17) is 10.4 Å². The van der Waals surface area contributed by atoms with Crippen LogP contribution in [0.25, 0.3) is 0 Å². The van der Waals surface area contributed by atoms with Gasteiger partial charge in [0.1, 0.15) is 5.82 Å². The van der Waals surface area contributed by atoms with E-state index in [-0.39, 0.29) is 18.2 Å². The summed E-state index contributed by atoms with van der Waals surface area (Å²) in [5.74, 6) is -0.420. The van der Waals surface area contributed by atoms with Gasteiger partial charge in [-0.15, -0.1) is 0 Å². The van der Waals surface area contributed by atoms with E-state index in [0.717, 1.165) is 0 Å². The smallest absolute Gasteiger partial charge is 0.130 e. The fraction of sp³-hybridized carbons (Fsp3) is 0.417. The molecule has 0 amide bonds. The molecule has 1 atom stereocenters. The molecule has 4 heteroatoms. The number of nitriles is 1. The molecule has 0 aromatic heterocycles. The van der Waals surface area contributed by atoms with Crippen LogP contribution in [0.2, 0.25) is 0 Å². The van der Waals surface area contributed by atoms with E-state index >= 15 is 0 Å². The second-order valence-corrected chi connectivity index (χ2v) is 3.72. The van der Waals surface area contributed by atoms with Crippen LogP contribution < -0.4 is 4.90 Å². The summed E-state index contributed by atoms with van der Waals surface area (Å²) < 4.78 is 13.4. The van der Waals surface area contributed by atoms with Gasteiger partial charge in [0.2, 0.25) is 0 Å². The topological polar surface area (TPSA) is 47.3 Å². The largest absolute Gasteiger partial charge is 0.391 e. The number of hydrogen-bond donors (Lipinski definition) is 1. The molecule has 1 rings (SSSR count). The van der Waals surface area contributed by atoms with Crippen molar-refractivity contribution < 1.29 is 9.50 Å². The van der Waals surface area contributed by atoms with E-state index < -0.39 is 5.82 Å². The molecule has 0 saturated carbocycles. The van der Waals surface area contributed by atoms with Gasteiger partial charge >= 0.3 is 0 Å². The Morgan fingerprint density at radius 1 is 1.56 bits per heavy atom. The Kier molecular flexibility index (Phi) is 4.27.